The molecule has 10 heteroatoms. The smallest absolute Gasteiger partial charge is 0.291 e. The number of hydrogen-bond donors (Lipinski definition) is 2. The molecular weight excluding hydrogens is 397 g/mol. The Morgan fingerprint density at radius 1 is 0.964 bits per heavy atom. The quantitative estimate of drug-likeness (QED) is 0.610. The molecule has 0 saturated carbocycles. The molecule has 0 radical (unpaired) electrons. The topological polar surface area (TPSA) is 88.4 Å². The van der Waals surface area contributed by atoms with Gasteiger partial charge in [0.1, 0.15) is 4.90 Å². The predicted molar refractivity (Wildman–Crippen MR) is 93.4 cm³/mol. The number of hydrogen-bond acceptors (Lipinski definition) is 4. The standard InChI is InChI=1S/C18H13F3N2O4S/c19-13-7-8-15(17(21)16(13)20)28(25,26)22-10-11-3-5-12(6-4-11)23-18(24)14-2-1-9-27-14/h1-9,22H,10H2,(H,23,24). The van der Waals surface area contributed by atoms with Gasteiger partial charge in [-0.15, -0.1) is 0 Å². The molecule has 0 aliphatic rings. The second kappa shape index (κ2) is 7.87. The zero-order valence-electron chi connectivity index (χ0n) is 14.1. The molecule has 1 amide bonds. The number of furan rings is 1. The lowest BCUT2D eigenvalue weighted by Gasteiger charge is -2.09. The Labute approximate surface area is 158 Å². The Balaban J connectivity index is 1.66. The van der Waals surface area contributed by atoms with E-state index in [1.54, 1.807) is 6.07 Å². The van der Waals surface area contributed by atoms with Crippen LogP contribution in [-0.2, 0) is 16.6 Å². The Morgan fingerprint density at radius 2 is 1.68 bits per heavy atom. The summed E-state index contributed by atoms with van der Waals surface area (Å²) in [5, 5.41) is 2.59. The van der Waals surface area contributed by atoms with Gasteiger partial charge in [-0.3, -0.25) is 4.79 Å². The minimum Gasteiger partial charge on any atom is -0.459 e. The van der Waals surface area contributed by atoms with Gasteiger partial charge in [0.15, 0.2) is 23.2 Å². The first-order valence-electron chi connectivity index (χ1n) is 7.85. The molecule has 0 unspecified atom stereocenters. The summed E-state index contributed by atoms with van der Waals surface area (Å²) in [6.45, 7) is -0.229. The fraction of sp³-hybridized carbons (Fsp3) is 0.0556. The van der Waals surface area contributed by atoms with Crippen LogP contribution in [0.15, 0.2) is 64.1 Å². The Bertz CT molecular complexity index is 1100. The summed E-state index contributed by atoms with van der Waals surface area (Å²) in [7, 11) is -4.40. The van der Waals surface area contributed by atoms with Gasteiger partial charge in [-0.05, 0) is 42.0 Å². The van der Waals surface area contributed by atoms with Gasteiger partial charge in [-0.2, -0.15) is 0 Å². The fourth-order valence-electron chi connectivity index (χ4n) is 2.28. The van der Waals surface area contributed by atoms with Crippen LogP contribution in [0.1, 0.15) is 16.1 Å². The molecule has 0 aliphatic carbocycles. The summed E-state index contributed by atoms with van der Waals surface area (Å²) in [6, 6.07) is 10.4. The van der Waals surface area contributed by atoms with Gasteiger partial charge < -0.3 is 9.73 Å². The lowest BCUT2D eigenvalue weighted by atomic mass is 10.2. The molecular formula is C18H13F3N2O4S. The molecule has 6 nitrogen and oxygen atoms in total. The Hall–Kier alpha value is -3.11. The molecule has 2 aromatic carbocycles. The number of sulfonamides is 1. The third-order valence-electron chi connectivity index (χ3n) is 3.71. The van der Waals surface area contributed by atoms with Crippen LogP contribution in [0.3, 0.4) is 0 Å². The monoisotopic (exact) mass is 410 g/mol. The van der Waals surface area contributed by atoms with Gasteiger partial charge in [0.2, 0.25) is 10.0 Å². The first-order valence-corrected chi connectivity index (χ1v) is 9.33. The molecule has 1 aromatic heterocycles. The maximum absolute atomic E-state index is 13.7. The number of halogens is 3. The summed E-state index contributed by atoms with van der Waals surface area (Å²) in [6.07, 6.45) is 1.36. The van der Waals surface area contributed by atoms with Crippen LogP contribution in [-0.4, -0.2) is 14.3 Å². The molecule has 0 atom stereocenters. The van der Waals surface area contributed by atoms with Crippen LogP contribution in [0, 0.1) is 17.5 Å². The highest BCUT2D eigenvalue weighted by Crippen LogP contribution is 2.20. The third kappa shape index (κ3) is 4.24. The molecule has 146 valence electrons. The van der Waals surface area contributed by atoms with Crippen molar-refractivity contribution in [3.05, 3.63) is 83.6 Å². The maximum Gasteiger partial charge on any atom is 0.291 e. The van der Waals surface area contributed by atoms with Gasteiger partial charge in [0, 0.05) is 12.2 Å². The number of benzene rings is 2. The zero-order valence-corrected chi connectivity index (χ0v) is 14.9. The number of anilines is 1. The highest BCUT2D eigenvalue weighted by atomic mass is 32.2. The van der Waals surface area contributed by atoms with Crippen LogP contribution in [0.2, 0.25) is 0 Å². The molecule has 1 heterocycles. The summed E-state index contributed by atoms with van der Waals surface area (Å²) in [4.78, 5) is 10.9. The molecule has 0 bridgehead atoms. The summed E-state index contributed by atoms with van der Waals surface area (Å²) >= 11 is 0. The molecule has 2 N–H and O–H groups in total. The van der Waals surface area contributed by atoms with E-state index < -0.39 is 38.3 Å². The van der Waals surface area contributed by atoms with Crippen molar-refractivity contribution in [2.75, 3.05) is 5.32 Å². The maximum atomic E-state index is 13.7. The zero-order chi connectivity index (χ0) is 20.3. The van der Waals surface area contributed by atoms with Gasteiger partial charge in [-0.1, -0.05) is 12.1 Å². The number of nitrogens with one attached hydrogen (secondary N) is 2. The lowest BCUT2D eigenvalue weighted by Crippen LogP contribution is -2.24. The van der Waals surface area contributed by atoms with Gasteiger partial charge >= 0.3 is 0 Å². The van der Waals surface area contributed by atoms with E-state index >= 15 is 0 Å². The van der Waals surface area contributed by atoms with E-state index in [4.69, 9.17) is 4.42 Å². The second-order valence-corrected chi connectivity index (χ2v) is 7.36. The van der Waals surface area contributed by atoms with Crippen molar-refractivity contribution < 1.29 is 30.8 Å². The lowest BCUT2D eigenvalue weighted by molar-refractivity contribution is 0.0996. The highest BCUT2D eigenvalue weighted by Gasteiger charge is 2.23. The van der Waals surface area contributed by atoms with Crippen LogP contribution in [0.25, 0.3) is 0 Å². The average molecular weight is 410 g/mol. The molecule has 28 heavy (non-hydrogen) atoms. The molecule has 3 rings (SSSR count). The Kier molecular flexibility index (Phi) is 5.52. The van der Waals surface area contributed by atoms with Crippen LogP contribution in [0.5, 0.6) is 0 Å². The van der Waals surface area contributed by atoms with E-state index in [2.05, 4.69) is 10.0 Å². The van der Waals surface area contributed by atoms with Crippen molar-refractivity contribution in [1.29, 1.82) is 0 Å². The van der Waals surface area contributed by atoms with Crippen LogP contribution in [0.4, 0.5) is 18.9 Å². The van der Waals surface area contributed by atoms with E-state index in [1.165, 1.54) is 36.6 Å². The number of rotatable bonds is 6. The number of amides is 1. The van der Waals surface area contributed by atoms with Crippen molar-refractivity contribution in [3.8, 4) is 0 Å². The van der Waals surface area contributed by atoms with E-state index in [1.807, 2.05) is 0 Å². The molecule has 0 saturated heterocycles. The number of carbonyl (C=O) groups excluding carboxylic acids is 1. The average Bonchev–Trinajstić information content (AvgIpc) is 3.20. The van der Waals surface area contributed by atoms with E-state index in [0.29, 0.717) is 23.4 Å². The third-order valence-corrected chi connectivity index (χ3v) is 5.13. The molecule has 3 aromatic rings. The first-order chi connectivity index (χ1) is 13.3. The molecule has 0 fully saturated rings. The molecule has 0 aliphatic heterocycles. The van der Waals surface area contributed by atoms with Gasteiger partial charge in [-0.25, -0.2) is 26.3 Å². The normalized spacial score (nSPS) is 11.4. The van der Waals surface area contributed by atoms with E-state index in [9.17, 15) is 26.4 Å². The van der Waals surface area contributed by atoms with Gasteiger partial charge in [0.25, 0.3) is 5.91 Å². The van der Waals surface area contributed by atoms with Crippen molar-refractivity contribution in [2.24, 2.45) is 0 Å². The SMILES string of the molecule is O=C(Nc1ccc(CNS(=O)(=O)c2ccc(F)c(F)c2F)cc1)c1ccco1. The van der Waals surface area contributed by atoms with Crippen molar-refractivity contribution in [3.63, 3.8) is 0 Å². The summed E-state index contributed by atoms with van der Waals surface area (Å²) < 4.78 is 71.2. The summed E-state index contributed by atoms with van der Waals surface area (Å²) in [5.41, 5.74) is 0.933. The summed E-state index contributed by atoms with van der Waals surface area (Å²) in [5.74, 6) is -5.45. The van der Waals surface area contributed by atoms with Crippen LogP contribution < -0.4 is 10.0 Å². The largest absolute Gasteiger partial charge is 0.459 e. The first kappa shape index (κ1) is 19.6. The highest BCUT2D eigenvalue weighted by molar-refractivity contribution is 7.89. The van der Waals surface area contributed by atoms with Crippen molar-refractivity contribution in [1.82, 2.24) is 4.72 Å². The molecule has 0 spiro atoms. The van der Waals surface area contributed by atoms with E-state index in [-0.39, 0.29) is 12.3 Å². The minimum absolute atomic E-state index is 0.130. The van der Waals surface area contributed by atoms with Crippen LogP contribution >= 0.6 is 0 Å². The van der Waals surface area contributed by atoms with Crippen molar-refractivity contribution in [2.45, 2.75) is 11.4 Å². The van der Waals surface area contributed by atoms with Crippen molar-refractivity contribution >= 4 is 21.6 Å². The number of carbonyl (C=O) groups is 1. The predicted octanol–water partition coefficient (Wildman–Crippen LogP) is 3.43. The minimum atomic E-state index is -4.40. The second-order valence-electron chi connectivity index (χ2n) is 5.63. The van der Waals surface area contributed by atoms with Gasteiger partial charge in [0.05, 0.1) is 6.26 Å². The fourth-order valence-corrected chi connectivity index (χ4v) is 3.36. The Morgan fingerprint density at radius 3 is 2.32 bits per heavy atom. The van der Waals surface area contributed by atoms with E-state index in [0.717, 1.165) is 0 Å².